The van der Waals surface area contributed by atoms with Crippen molar-refractivity contribution in [2.24, 2.45) is 17.8 Å². The topological polar surface area (TPSA) is 77.8 Å². The molecule has 0 aromatic carbocycles. The maximum atomic E-state index is 10.4. The van der Waals surface area contributed by atoms with Gasteiger partial charge in [0.25, 0.3) is 0 Å². The molecule has 0 radical (unpaired) electrons. The summed E-state index contributed by atoms with van der Waals surface area (Å²) in [5, 5.41) is 27.7. The molecule has 0 aromatic heterocycles. The highest BCUT2D eigenvalue weighted by molar-refractivity contribution is 5.66. The zero-order valence-corrected chi connectivity index (χ0v) is 11.3. The van der Waals surface area contributed by atoms with E-state index in [0.29, 0.717) is 24.7 Å². The van der Waals surface area contributed by atoms with Gasteiger partial charge in [0.15, 0.2) is 0 Å². The Bertz CT molecular complexity index is 350. The van der Waals surface area contributed by atoms with E-state index >= 15 is 0 Å². The number of rotatable bonds is 6. The average molecular weight is 268 g/mol. The van der Waals surface area contributed by atoms with E-state index in [9.17, 15) is 9.90 Å². The summed E-state index contributed by atoms with van der Waals surface area (Å²) in [7, 11) is 0. The maximum absolute atomic E-state index is 10.4. The summed E-state index contributed by atoms with van der Waals surface area (Å²) in [5.74, 6) is 0.609. The fraction of sp³-hybridized carbons (Fsp3) is 0.800. The Labute approximate surface area is 114 Å². The fourth-order valence-electron chi connectivity index (χ4n) is 3.85. The molecule has 0 amide bonds. The van der Waals surface area contributed by atoms with Crippen LogP contribution in [0.1, 0.15) is 44.9 Å². The first-order valence-corrected chi connectivity index (χ1v) is 7.30. The van der Waals surface area contributed by atoms with Gasteiger partial charge >= 0.3 is 5.97 Å². The number of allylic oxidation sites excluding steroid dienone is 2. The molecule has 4 atom stereocenters. The van der Waals surface area contributed by atoms with Crippen LogP contribution >= 0.6 is 0 Å². The Hall–Kier alpha value is -0.870. The molecule has 3 N–H and O–H groups in total. The van der Waals surface area contributed by atoms with Crippen LogP contribution in [0.3, 0.4) is 0 Å². The van der Waals surface area contributed by atoms with Crippen LogP contribution < -0.4 is 0 Å². The van der Waals surface area contributed by atoms with Gasteiger partial charge in [-0.2, -0.15) is 0 Å². The minimum absolute atomic E-state index is 0.155. The predicted molar refractivity (Wildman–Crippen MR) is 71.6 cm³/mol. The molecule has 2 fully saturated rings. The summed E-state index contributed by atoms with van der Waals surface area (Å²) in [6.45, 7) is 0.155. The van der Waals surface area contributed by atoms with Gasteiger partial charge in [0.2, 0.25) is 0 Å². The van der Waals surface area contributed by atoms with Gasteiger partial charge in [-0.25, -0.2) is 0 Å². The van der Waals surface area contributed by atoms with Crippen molar-refractivity contribution in [2.75, 3.05) is 6.61 Å². The van der Waals surface area contributed by atoms with Crippen molar-refractivity contribution in [3.05, 3.63) is 11.6 Å². The lowest BCUT2D eigenvalue weighted by Crippen LogP contribution is -2.20. The number of aliphatic hydroxyl groups excluding tert-OH is 2. The number of carbonyl (C=O) groups is 1. The molecule has 4 heteroatoms. The van der Waals surface area contributed by atoms with Crippen LogP contribution in [0.25, 0.3) is 0 Å². The number of hydrogen-bond donors (Lipinski definition) is 3. The van der Waals surface area contributed by atoms with Gasteiger partial charge in [-0.15, -0.1) is 0 Å². The Balaban J connectivity index is 1.83. The third kappa shape index (κ3) is 3.57. The van der Waals surface area contributed by atoms with Crippen LogP contribution in [0.2, 0.25) is 0 Å². The van der Waals surface area contributed by atoms with Gasteiger partial charge in [0.1, 0.15) is 0 Å². The Morgan fingerprint density at radius 2 is 2.16 bits per heavy atom. The lowest BCUT2D eigenvalue weighted by molar-refractivity contribution is -0.137. The van der Waals surface area contributed by atoms with Crippen LogP contribution in [0.15, 0.2) is 11.6 Å². The summed E-state index contributed by atoms with van der Waals surface area (Å²) in [6.07, 6.45) is 7.39. The summed E-state index contributed by atoms with van der Waals surface area (Å²) in [6, 6.07) is 0. The molecule has 2 aliphatic carbocycles. The number of hydrogen-bond acceptors (Lipinski definition) is 3. The molecule has 0 aliphatic heterocycles. The molecule has 0 unspecified atom stereocenters. The maximum Gasteiger partial charge on any atom is 0.303 e. The molecule has 0 aromatic rings. The molecule has 0 heterocycles. The van der Waals surface area contributed by atoms with Gasteiger partial charge in [-0.1, -0.05) is 11.6 Å². The van der Waals surface area contributed by atoms with Crippen LogP contribution in [0, 0.1) is 17.8 Å². The highest BCUT2D eigenvalue weighted by Gasteiger charge is 2.45. The highest BCUT2D eigenvalue weighted by Crippen LogP contribution is 2.50. The van der Waals surface area contributed by atoms with E-state index in [1.54, 1.807) is 0 Å². The lowest BCUT2D eigenvalue weighted by Gasteiger charge is -2.19. The number of aliphatic hydroxyl groups is 2. The normalized spacial score (nSPS) is 35.8. The molecule has 108 valence electrons. The Morgan fingerprint density at radius 3 is 2.84 bits per heavy atom. The molecule has 0 saturated heterocycles. The molecule has 19 heavy (non-hydrogen) atoms. The van der Waals surface area contributed by atoms with Gasteiger partial charge < -0.3 is 15.3 Å². The third-order valence-electron chi connectivity index (χ3n) is 4.71. The molecular formula is C15H24O4. The quantitative estimate of drug-likeness (QED) is 0.508. The van der Waals surface area contributed by atoms with Crippen LogP contribution in [-0.2, 0) is 4.79 Å². The van der Waals surface area contributed by atoms with Crippen molar-refractivity contribution >= 4 is 5.97 Å². The first kappa shape index (κ1) is 14.5. The number of aliphatic carboxylic acids is 1. The average Bonchev–Trinajstić information content (AvgIpc) is 2.85. The van der Waals surface area contributed by atoms with Gasteiger partial charge in [0, 0.05) is 13.0 Å². The minimum atomic E-state index is -0.729. The van der Waals surface area contributed by atoms with Crippen molar-refractivity contribution in [1.29, 1.82) is 0 Å². The number of carboxylic acids is 1. The zero-order chi connectivity index (χ0) is 13.8. The predicted octanol–water partition coefficient (Wildman–Crippen LogP) is 1.96. The number of unbranched alkanes of at least 4 members (excludes halogenated alkanes) is 1. The Kier molecular flexibility index (Phi) is 4.99. The molecule has 0 spiro atoms. The van der Waals surface area contributed by atoms with E-state index in [-0.39, 0.29) is 25.0 Å². The third-order valence-corrected chi connectivity index (χ3v) is 4.71. The summed E-state index contributed by atoms with van der Waals surface area (Å²) < 4.78 is 0. The first-order chi connectivity index (χ1) is 9.11. The minimum Gasteiger partial charge on any atom is -0.481 e. The van der Waals surface area contributed by atoms with Crippen LogP contribution in [-0.4, -0.2) is 34.0 Å². The van der Waals surface area contributed by atoms with Crippen molar-refractivity contribution in [2.45, 2.75) is 51.0 Å². The van der Waals surface area contributed by atoms with E-state index in [2.05, 4.69) is 6.08 Å². The standard InChI is InChI=1S/C15H24O4/c16-6-5-12-13-8-10(3-1-2-4-15(18)19)7-11(13)9-14(12)17/h3,11-14,16-17H,1-2,4-9H2,(H,18,19)/b10-3+/t11-,12+,13-,14+/m0/s1. The first-order valence-electron chi connectivity index (χ1n) is 7.30. The van der Waals surface area contributed by atoms with E-state index in [0.717, 1.165) is 25.7 Å². The number of fused-ring (bicyclic) bond motifs is 1. The molecule has 2 saturated carbocycles. The molecule has 2 aliphatic rings. The Morgan fingerprint density at radius 1 is 1.37 bits per heavy atom. The summed E-state index contributed by atoms with van der Waals surface area (Å²) >= 11 is 0. The van der Waals surface area contributed by atoms with Crippen LogP contribution in [0.4, 0.5) is 0 Å². The van der Waals surface area contributed by atoms with E-state index in [1.807, 2.05) is 0 Å². The van der Waals surface area contributed by atoms with E-state index in [1.165, 1.54) is 5.57 Å². The van der Waals surface area contributed by atoms with Crippen molar-refractivity contribution in [3.8, 4) is 0 Å². The van der Waals surface area contributed by atoms with Gasteiger partial charge in [-0.3, -0.25) is 4.79 Å². The highest BCUT2D eigenvalue weighted by atomic mass is 16.4. The zero-order valence-electron chi connectivity index (χ0n) is 11.3. The monoisotopic (exact) mass is 268 g/mol. The second-order valence-corrected chi connectivity index (χ2v) is 5.96. The summed E-state index contributed by atoms with van der Waals surface area (Å²) in [5.41, 5.74) is 1.43. The smallest absolute Gasteiger partial charge is 0.303 e. The van der Waals surface area contributed by atoms with Gasteiger partial charge in [0.05, 0.1) is 6.10 Å². The van der Waals surface area contributed by atoms with Crippen LogP contribution in [0.5, 0.6) is 0 Å². The largest absolute Gasteiger partial charge is 0.481 e. The molecule has 2 rings (SSSR count). The van der Waals surface area contributed by atoms with E-state index in [4.69, 9.17) is 10.2 Å². The second-order valence-electron chi connectivity index (χ2n) is 5.96. The lowest BCUT2D eigenvalue weighted by atomic mass is 9.89. The van der Waals surface area contributed by atoms with Gasteiger partial charge in [-0.05, 0) is 56.3 Å². The second kappa shape index (κ2) is 6.53. The molecule has 0 bridgehead atoms. The summed E-state index contributed by atoms with van der Waals surface area (Å²) in [4.78, 5) is 10.4. The van der Waals surface area contributed by atoms with Crippen molar-refractivity contribution in [3.63, 3.8) is 0 Å². The fourth-order valence-corrected chi connectivity index (χ4v) is 3.85. The SMILES string of the molecule is O=C(O)CCC/C=C1\C[C@H]2C[C@@H](O)[C@H](CCO)[C@H]2C1. The van der Waals surface area contributed by atoms with Crippen molar-refractivity contribution < 1.29 is 20.1 Å². The molecular weight excluding hydrogens is 244 g/mol. The van der Waals surface area contributed by atoms with Crippen molar-refractivity contribution in [1.82, 2.24) is 0 Å². The van der Waals surface area contributed by atoms with E-state index < -0.39 is 5.97 Å². The number of carboxylic acid groups (broad SMARTS) is 1. The molecule has 4 nitrogen and oxygen atoms in total.